The monoisotopic (exact) mass is 344 g/mol. The van der Waals surface area contributed by atoms with Crippen molar-refractivity contribution in [3.63, 3.8) is 0 Å². The maximum Gasteiger partial charge on any atom is 0.113 e. The number of alkyl halides is 1. The van der Waals surface area contributed by atoms with E-state index < -0.39 is 0 Å². The quantitative estimate of drug-likeness (QED) is 0.500. The molecule has 3 atom stereocenters. The molecule has 0 heterocycles. The van der Waals surface area contributed by atoms with Gasteiger partial charge in [0.2, 0.25) is 0 Å². The third-order valence-corrected chi connectivity index (χ3v) is 3.91. The molecule has 0 aliphatic carbocycles. The first kappa shape index (κ1) is 16.6. The smallest absolute Gasteiger partial charge is 0.113 e. The van der Waals surface area contributed by atoms with Crippen LogP contribution in [0.15, 0.2) is 0 Å². The van der Waals surface area contributed by atoms with E-state index in [0.717, 1.165) is 0 Å². The molecule has 0 bridgehead atoms. The van der Waals surface area contributed by atoms with Crippen molar-refractivity contribution in [2.45, 2.75) is 57.0 Å². The van der Waals surface area contributed by atoms with Gasteiger partial charge >= 0.3 is 0 Å². The van der Waals surface area contributed by atoms with E-state index in [4.69, 9.17) is 14.2 Å². The number of halogens is 1. The summed E-state index contributed by atoms with van der Waals surface area (Å²) in [6.07, 6.45) is 0.536. The summed E-state index contributed by atoms with van der Waals surface area (Å²) in [5, 5.41) is 0. The molecule has 1 unspecified atom stereocenters. The van der Waals surface area contributed by atoms with E-state index in [9.17, 15) is 0 Å². The summed E-state index contributed by atoms with van der Waals surface area (Å²) in [6, 6.07) is 0. The van der Waals surface area contributed by atoms with Crippen molar-refractivity contribution in [2.24, 2.45) is 5.92 Å². The van der Waals surface area contributed by atoms with E-state index >= 15 is 0 Å². The summed E-state index contributed by atoms with van der Waals surface area (Å²) in [6.45, 7) is 10.9. The van der Waals surface area contributed by atoms with Gasteiger partial charge in [-0.3, -0.25) is 0 Å². The average Bonchev–Trinajstić information content (AvgIpc) is 2.21. The fourth-order valence-corrected chi connectivity index (χ4v) is 1.80. The number of ether oxygens (including phenoxy) is 3. The van der Waals surface area contributed by atoms with E-state index in [-0.39, 0.29) is 22.4 Å². The minimum atomic E-state index is 0.0873. The van der Waals surface area contributed by atoms with Crippen molar-refractivity contribution in [2.75, 3.05) is 13.7 Å². The highest BCUT2D eigenvalue weighted by Crippen LogP contribution is 2.21. The minimum Gasteiger partial charge on any atom is -0.376 e. The summed E-state index contributed by atoms with van der Waals surface area (Å²) in [5.74, 6) is 0.312. The van der Waals surface area contributed by atoms with Crippen molar-refractivity contribution >= 4 is 22.6 Å². The molecule has 0 aliphatic rings. The number of hydrogen-bond donors (Lipinski definition) is 0. The summed E-state index contributed by atoms with van der Waals surface area (Å²) >= 11 is 2.29. The second kappa shape index (κ2) is 8.66. The van der Waals surface area contributed by atoms with Gasteiger partial charge in [0.05, 0.1) is 24.9 Å². The summed E-state index contributed by atoms with van der Waals surface area (Å²) in [5.41, 5.74) is 0. The maximum absolute atomic E-state index is 5.88. The molecule has 4 heteroatoms. The molecule has 0 fully saturated rings. The highest BCUT2D eigenvalue weighted by Gasteiger charge is 2.26. The molecule has 0 radical (unpaired) electrons. The van der Waals surface area contributed by atoms with E-state index in [1.165, 1.54) is 0 Å². The van der Waals surface area contributed by atoms with Gasteiger partial charge in [-0.2, -0.15) is 0 Å². The Labute approximate surface area is 113 Å². The first-order valence-electron chi connectivity index (χ1n) is 5.82. The van der Waals surface area contributed by atoms with Crippen LogP contribution in [0.1, 0.15) is 34.6 Å². The van der Waals surface area contributed by atoms with Crippen LogP contribution in [0.2, 0.25) is 0 Å². The molecule has 0 saturated carbocycles. The Bertz CT molecular complexity index is 174. The van der Waals surface area contributed by atoms with Gasteiger partial charge in [0.15, 0.2) is 0 Å². The van der Waals surface area contributed by atoms with Crippen molar-refractivity contribution in [1.82, 2.24) is 0 Å². The zero-order valence-electron chi connectivity index (χ0n) is 11.2. The number of methoxy groups -OCH3 is 1. The summed E-state index contributed by atoms with van der Waals surface area (Å²) < 4.78 is 17.0. The largest absolute Gasteiger partial charge is 0.376 e. The van der Waals surface area contributed by atoms with Crippen molar-refractivity contribution in [3.05, 3.63) is 0 Å². The Morgan fingerprint density at radius 1 is 1.00 bits per heavy atom. The van der Waals surface area contributed by atoms with E-state index in [2.05, 4.69) is 29.5 Å². The molecule has 3 nitrogen and oxygen atoms in total. The molecule has 0 aromatic rings. The number of hydrogen-bond acceptors (Lipinski definition) is 3. The summed E-state index contributed by atoms with van der Waals surface area (Å²) in [7, 11) is 1.73. The van der Waals surface area contributed by atoms with Gasteiger partial charge in [0.25, 0.3) is 0 Å². The molecule has 0 aromatic carbocycles. The van der Waals surface area contributed by atoms with Crippen molar-refractivity contribution in [3.8, 4) is 0 Å². The van der Waals surface area contributed by atoms with Gasteiger partial charge < -0.3 is 14.2 Å². The molecule has 0 rings (SSSR count). The fourth-order valence-electron chi connectivity index (χ4n) is 1.34. The lowest BCUT2D eigenvalue weighted by molar-refractivity contribution is -0.0932. The van der Waals surface area contributed by atoms with Crippen LogP contribution in [0.25, 0.3) is 0 Å². The topological polar surface area (TPSA) is 27.7 Å². The molecular weight excluding hydrogens is 319 g/mol. The zero-order valence-corrected chi connectivity index (χ0v) is 13.4. The Morgan fingerprint density at radius 2 is 1.56 bits per heavy atom. The second-order valence-electron chi connectivity index (χ2n) is 4.55. The maximum atomic E-state index is 5.88. The van der Waals surface area contributed by atoms with Crippen LogP contribution < -0.4 is 0 Å². The predicted octanol–water partition coefficient (Wildman–Crippen LogP) is 3.25. The lowest BCUT2D eigenvalue weighted by atomic mass is 10.1. The highest BCUT2D eigenvalue weighted by molar-refractivity contribution is 14.1. The molecule has 0 N–H and O–H groups in total. The molecule has 0 aromatic heterocycles. The van der Waals surface area contributed by atoms with E-state index in [1.54, 1.807) is 7.11 Å². The molecule has 0 spiro atoms. The fraction of sp³-hybridized carbons (Fsp3) is 1.00. The predicted molar refractivity (Wildman–Crippen MR) is 75.1 cm³/mol. The second-order valence-corrected chi connectivity index (χ2v) is 5.78. The van der Waals surface area contributed by atoms with Crippen molar-refractivity contribution < 1.29 is 14.2 Å². The summed E-state index contributed by atoms with van der Waals surface area (Å²) in [4.78, 5) is 0. The number of rotatable bonds is 8. The molecule has 0 amide bonds. The average molecular weight is 344 g/mol. The van der Waals surface area contributed by atoms with Gasteiger partial charge in [-0.15, -0.1) is 0 Å². The molecule has 0 aliphatic heterocycles. The Morgan fingerprint density at radius 3 is 1.94 bits per heavy atom. The van der Waals surface area contributed by atoms with Crippen LogP contribution in [-0.2, 0) is 14.2 Å². The van der Waals surface area contributed by atoms with Crippen LogP contribution in [-0.4, -0.2) is 36.1 Å². The molecule has 16 heavy (non-hydrogen) atoms. The van der Waals surface area contributed by atoms with Crippen LogP contribution in [0.4, 0.5) is 0 Å². The third kappa shape index (κ3) is 7.04. The van der Waals surface area contributed by atoms with Crippen LogP contribution in [0.3, 0.4) is 0 Å². The van der Waals surface area contributed by atoms with Crippen molar-refractivity contribution in [1.29, 1.82) is 0 Å². The lowest BCUT2D eigenvalue weighted by Crippen LogP contribution is -2.36. The minimum absolute atomic E-state index is 0.0873. The standard InChI is InChI=1S/C12H25IO3/c1-8(2)15-7-11(16-9(3)4)10(5)12(13)14-6/h8-12H,7H2,1-6H3/t10-,11-,12?/m1/s1. The van der Waals surface area contributed by atoms with Crippen LogP contribution in [0.5, 0.6) is 0 Å². The first-order valence-corrected chi connectivity index (χ1v) is 7.07. The van der Waals surface area contributed by atoms with Gasteiger partial charge in [-0.05, 0) is 27.7 Å². The third-order valence-electron chi connectivity index (χ3n) is 2.27. The zero-order chi connectivity index (χ0) is 12.7. The normalized spacial score (nSPS) is 17.8. The Kier molecular flexibility index (Phi) is 8.99. The van der Waals surface area contributed by atoms with Gasteiger partial charge in [0, 0.05) is 13.0 Å². The van der Waals surface area contributed by atoms with Gasteiger partial charge in [-0.25, -0.2) is 0 Å². The molecule has 98 valence electrons. The highest BCUT2D eigenvalue weighted by atomic mass is 127. The Hall–Kier alpha value is 0.610. The van der Waals surface area contributed by atoms with Gasteiger partial charge in [0.1, 0.15) is 4.11 Å². The van der Waals surface area contributed by atoms with Crippen LogP contribution >= 0.6 is 22.6 Å². The lowest BCUT2D eigenvalue weighted by Gasteiger charge is -2.29. The van der Waals surface area contributed by atoms with Crippen LogP contribution in [0, 0.1) is 5.92 Å². The molecular formula is C12H25IO3. The van der Waals surface area contributed by atoms with Gasteiger partial charge in [-0.1, -0.05) is 29.5 Å². The molecule has 0 saturated heterocycles. The van der Waals surface area contributed by atoms with E-state index in [0.29, 0.717) is 12.5 Å². The van der Waals surface area contributed by atoms with E-state index in [1.807, 2.05) is 27.7 Å². The first-order chi connectivity index (χ1) is 7.38. The SMILES string of the molecule is COC(I)[C@H](C)[C@@H](COC(C)C)OC(C)C. The Balaban J connectivity index is 4.28.